The summed E-state index contributed by atoms with van der Waals surface area (Å²) in [7, 11) is 0. The Morgan fingerprint density at radius 1 is 1.09 bits per heavy atom. The average molecular weight is 318 g/mol. The number of hydrogen-bond donors (Lipinski definition) is 3. The molecule has 7 heteroatoms. The summed E-state index contributed by atoms with van der Waals surface area (Å²) < 4.78 is 28.0. The molecule has 0 aromatic heterocycles. The Bertz CT molecular complexity index is 402. The lowest BCUT2D eigenvalue weighted by Crippen LogP contribution is -2.48. The predicted molar refractivity (Wildman–Crippen MR) is 75.1 cm³/mol. The molecule has 0 aromatic rings. The van der Waals surface area contributed by atoms with E-state index in [1.165, 1.54) is 0 Å². The predicted octanol–water partition coefficient (Wildman–Crippen LogP) is 2.13. The van der Waals surface area contributed by atoms with E-state index < -0.39 is 30.5 Å². The minimum atomic E-state index is -1.19. The first-order chi connectivity index (χ1) is 10.6. The van der Waals surface area contributed by atoms with Crippen LogP contribution in [0.3, 0.4) is 0 Å². The van der Waals surface area contributed by atoms with Crippen molar-refractivity contribution < 1.29 is 23.5 Å². The number of carboxylic acid groups (broad SMARTS) is 1. The van der Waals surface area contributed by atoms with Crippen LogP contribution in [0, 0.1) is 17.8 Å². The molecule has 1 heterocycles. The van der Waals surface area contributed by atoms with Gasteiger partial charge in [-0.15, -0.1) is 0 Å². The van der Waals surface area contributed by atoms with E-state index >= 15 is 0 Å². The van der Waals surface area contributed by atoms with Gasteiger partial charge in [0.05, 0.1) is 18.0 Å². The van der Waals surface area contributed by atoms with E-state index in [0.29, 0.717) is 32.1 Å². The van der Waals surface area contributed by atoms with E-state index in [2.05, 4.69) is 10.8 Å². The molecule has 2 saturated carbocycles. The Hall–Kier alpha value is -0.790. The first kappa shape index (κ1) is 16.1. The highest BCUT2D eigenvalue weighted by Crippen LogP contribution is 2.36. The van der Waals surface area contributed by atoms with E-state index in [0.717, 1.165) is 12.8 Å². The minimum Gasteiger partial charge on any atom is -0.481 e. The first-order valence-electron chi connectivity index (χ1n) is 8.24. The van der Waals surface area contributed by atoms with Gasteiger partial charge in [0.1, 0.15) is 18.6 Å². The first-order valence-corrected chi connectivity index (χ1v) is 8.24. The maximum atomic E-state index is 14.0. The van der Waals surface area contributed by atoms with Crippen LogP contribution in [0.5, 0.6) is 0 Å². The van der Waals surface area contributed by atoms with Crippen LogP contribution in [0.4, 0.5) is 8.78 Å². The van der Waals surface area contributed by atoms with Crippen LogP contribution in [0.2, 0.25) is 0 Å². The standard InChI is InChI=1S/C15H24F2N2O3/c16-10-5-2-6-11(17)12(10)14-18-13(19-22-14)8-3-1-4-9(7-8)15(20)21/h8-14,18-19H,1-7H2,(H,20,21). The lowest BCUT2D eigenvalue weighted by Gasteiger charge is -2.33. The Morgan fingerprint density at radius 2 is 1.77 bits per heavy atom. The van der Waals surface area contributed by atoms with Crippen molar-refractivity contribution in [1.29, 1.82) is 0 Å². The second-order valence-corrected chi connectivity index (χ2v) is 6.80. The average Bonchev–Trinajstić information content (AvgIpc) is 2.97. The van der Waals surface area contributed by atoms with E-state index in [4.69, 9.17) is 9.94 Å². The number of nitrogens with one attached hydrogen (secondary N) is 2. The summed E-state index contributed by atoms with van der Waals surface area (Å²) in [5.74, 6) is -1.77. The molecule has 22 heavy (non-hydrogen) atoms. The number of rotatable bonds is 3. The van der Waals surface area contributed by atoms with Crippen molar-refractivity contribution in [2.75, 3.05) is 0 Å². The van der Waals surface area contributed by atoms with Crippen LogP contribution in [-0.4, -0.2) is 35.8 Å². The van der Waals surface area contributed by atoms with Gasteiger partial charge in [-0.1, -0.05) is 6.42 Å². The van der Waals surface area contributed by atoms with Crippen LogP contribution in [0.1, 0.15) is 44.9 Å². The summed E-state index contributed by atoms with van der Waals surface area (Å²) in [5, 5.41) is 12.3. The van der Waals surface area contributed by atoms with E-state index in [1.807, 2.05) is 0 Å². The van der Waals surface area contributed by atoms with Gasteiger partial charge in [0.25, 0.3) is 0 Å². The van der Waals surface area contributed by atoms with Crippen molar-refractivity contribution in [1.82, 2.24) is 10.8 Å². The van der Waals surface area contributed by atoms with Gasteiger partial charge in [0.15, 0.2) is 0 Å². The van der Waals surface area contributed by atoms with Crippen LogP contribution < -0.4 is 10.8 Å². The lowest BCUT2D eigenvalue weighted by molar-refractivity contribution is -0.143. The molecule has 0 radical (unpaired) electrons. The SMILES string of the molecule is O=C(O)C1CCCC(C2NOC(C3C(F)CCCC3F)N2)C1. The van der Waals surface area contributed by atoms with Crippen LogP contribution >= 0.6 is 0 Å². The molecule has 3 N–H and O–H groups in total. The molecule has 2 aliphatic carbocycles. The van der Waals surface area contributed by atoms with Crippen molar-refractivity contribution in [3.05, 3.63) is 0 Å². The number of hydrogen-bond acceptors (Lipinski definition) is 4. The smallest absolute Gasteiger partial charge is 0.306 e. The van der Waals surface area contributed by atoms with E-state index in [1.54, 1.807) is 0 Å². The number of carbonyl (C=O) groups is 1. The summed E-state index contributed by atoms with van der Waals surface area (Å²) in [6, 6.07) is 0. The highest BCUT2D eigenvalue weighted by molar-refractivity contribution is 5.70. The van der Waals surface area contributed by atoms with Gasteiger partial charge in [-0.05, 0) is 44.4 Å². The summed E-state index contributed by atoms with van der Waals surface area (Å²) in [4.78, 5) is 16.5. The third kappa shape index (κ3) is 3.26. The fourth-order valence-electron chi connectivity index (χ4n) is 4.07. The largest absolute Gasteiger partial charge is 0.481 e. The Balaban J connectivity index is 1.58. The van der Waals surface area contributed by atoms with Crippen LogP contribution in [0.25, 0.3) is 0 Å². The quantitative estimate of drug-likeness (QED) is 0.744. The summed E-state index contributed by atoms with van der Waals surface area (Å²) in [6.07, 6.45) is 1.05. The van der Waals surface area contributed by atoms with Crippen LogP contribution in [0.15, 0.2) is 0 Å². The van der Waals surface area contributed by atoms with E-state index in [9.17, 15) is 13.6 Å². The molecular formula is C15H24F2N2O3. The molecule has 6 unspecified atom stereocenters. The molecule has 0 bridgehead atoms. The Kier molecular flexibility index (Phi) is 4.94. The number of carboxylic acids is 1. The second-order valence-electron chi connectivity index (χ2n) is 6.80. The van der Waals surface area contributed by atoms with Gasteiger partial charge in [0, 0.05) is 0 Å². The normalized spacial score (nSPS) is 46.5. The molecule has 5 nitrogen and oxygen atoms in total. The topological polar surface area (TPSA) is 70.6 Å². The molecule has 3 rings (SSSR count). The number of halogens is 2. The summed E-state index contributed by atoms with van der Waals surface area (Å²) in [5.41, 5.74) is 2.84. The zero-order valence-electron chi connectivity index (χ0n) is 12.5. The zero-order valence-corrected chi connectivity index (χ0v) is 12.5. The molecule has 1 saturated heterocycles. The molecule has 0 amide bonds. The van der Waals surface area contributed by atoms with Gasteiger partial charge in [-0.2, -0.15) is 5.48 Å². The molecule has 1 aliphatic heterocycles. The third-order valence-electron chi connectivity index (χ3n) is 5.35. The molecule has 3 aliphatic rings. The van der Waals surface area contributed by atoms with Gasteiger partial charge >= 0.3 is 5.97 Å². The lowest BCUT2D eigenvalue weighted by atomic mass is 9.79. The number of hydroxylamine groups is 1. The summed E-state index contributed by atoms with van der Waals surface area (Å²) >= 11 is 0. The third-order valence-corrected chi connectivity index (χ3v) is 5.35. The Morgan fingerprint density at radius 3 is 2.45 bits per heavy atom. The van der Waals surface area contributed by atoms with Crippen molar-refractivity contribution >= 4 is 5.97 Å². The maximum absolute atomic E-state index is 14.0. The van der Waals surface area contributed by atoms with Crippen LogP contribution in [-0.2, 0) is 9.63 Å². The summed E-state index contributed by atoms with van der Waals surface area (Å²) in [6.45, 7) is 0. The van der Waals surface area contributed by atoms with E-state index in [-0.39, 0.29) is 18.0 Å². The Labute approximate surface area is 128 Å². The highest BCUT2D eigenvalue weighted by Gasteiger charge is 2.45. The molecule has 0 spiro atoms. The maximum Gasteiger partial charge on any atom is 0.306 e. The van der Waals surface area contributed by atoms with Crippen molar-refractivity contribution in [3.63, 3.8) is 0 Å². The molecular weight excluding hydrogens is 294 g/mol. The fraction of sp³-hybridized carbons (Fsp3) is 0.933. The van der Waals surface area contributed by atoms with Gasteiger partial charge in [-0.25, -0.2) is 8.78 Å². The van der Waals surface area contributed by atoms with Gasteiger partial charge in [-0.3, -0.25) is 14.9 Å². The van der Waals surface area contributed by atoms with Gasteiger partial charge in [0.2, 0.25) is 0 Å². The molecule has 3 fully saturated rings. The molecule has 126 valence electrons. The zero-order chi connectivity index (χ0) is 15.7. The number of aliphatic carboxylic acids is 1. The minimum absolute atomic E-state index is 0.111. The fourth-order valence-corrected chi connectivity index (χ4v) is 4.07. The molecule has 0 aromatic carbocycles. The highest BCUT2D eigenvalue weighted by atomic mass is 19.1. The van der Waals surface area contributed by atoms with Crippen molar-refractivity contribution in [2.24, 2.45) is 17.8 Å². The monoisotopic (exact) mass is 318 g/mol. The van der Waals surface area contributed by atoms with Crippen molar-refractivity contribution in [2.45, 2.75) is 69.7 Å². The van der Waals surface area contributed by atoms with Crippen molar-refractivity contribution in [3.8, 4) is 0 Å². The molecule has 6 atom stereocenters. The number of alkyl halides is 2. The second kappa shape index (κ2) is 6.76. The van der Waals surface area contributed by atoms with Gasteiger partial charge < -0.3 is 5.11 Å².